The van der Waals surface area contributed by atoms with Gasteiger partial charge in [0.25, 0.3) is 0 Å². The van der Waals surface area contributed by atoms with Crippen molar-refractivity contribution in [3.63, 3.8) is 0 Å². The average molecular weight is 391 g/mol. The molecule has 0 fully saturated rings. The molecule has 1 unspecified atom stereocenters. The Morgan fingerprint density at radius 2 is 1.79 bits per heavy atom. The van der Waals surface area contributed by atoms with Crippen LogP contribution >= 0.6 is 31.9 Å². The lowest BCUT2D eigenvalue weighted by Gasteiger charge is -2.17. The molecular formula is C14H11Br2F2N. The maximum atomic E-state index is 13.7. The Kier molecular flexibility index (Phi) is 4.58. The Morgan fingerprint density at radius 1 is 1.05 bits per heavy atom. The van der Waals surface area contributed by atoms with Crippen LogP contribution in [0.1, 0.15) is 18.5 Å². The maximum Gasteiger partial charge on any atom is 0.131 e. The number of rotatable bonds is 3. The predicted octanol–water partition coefficient (Wildman–Crippen LogP) is 5.66. The summed E-state index contributed by atoms with van der Waals surface area (Å²) >= 11 is 6.81. The molecule has 0 amide bonds. The van der Waals surface area contributed by atoms with Gasteiger partial charge in [-0.3, -0.25) is 0 Å². The minimum atomic E-state index is -0.572. The van der Waals surface area contributed by atoms with Gasteiger partial charge < -0.3 is 5.32 Å². The van der Waals surface area contributed by atoms with Gasteiger partial charge in [0.2, 0.25) is 0 Å². The van der Waals surface area contributed by atoms with Crippen LogP contribution in [0, 0.1) is 11.6 Å². The monoisotopic (exact) mass is 389 g/mol. The molecule has 0 bridgehead atoms. The molecule has 0 heterocycles. The Hall–Kier alpha value is -0.940. The molecule has 2 rings (SSSR count). The molecule has 0 saturated carbocycles. The van der Waals surface area contributed by atoms with E-state index in [4.69, 9.17) is 0 Å². The van der Waals surface area contributed by atoms with Crippen LogP contribution in [0.2, 0.25) is 0 Å². The van der Waals surface area contributed by atoms with Gasteiger partial charge in [0.05, 0.1) is 11.7 Å². The van der Waals surface area contributed by atoms with Crippen molar-refractivity contribution in [1.29, 1.82) is 0 Å². The topological polar surface area (TPSA) is 12.0 Å². The molecule has 0 radical (unpaired) electrons. The number of nitrogens with one attached hydrogen (secondary N) is 1. The number of anilines is 1. The third kappa shape index (κ3) is 3.54. The highest BCUT2D eigenvalue weighted by Crippen LogP contribution is 2.30. The van der Waals surface area contributed by atoms with E-state index in [2.05, 4.69) is 37.2 Å². The van der Waals surface area contributed by atoms with Gasteiger partial charge in [-0.1, -0.05) is 22.0 Å². The highest BCUT2D eigenvalue weighted by Gasteiger charge is 2.13. The molecule has 1 atom stereocenters. The van der Waals surface area contributed by atoms with Crippen molar-refractivity contribution in [2.75, 3.05) is 5.32 Å². The van der Waals surface area contributed by atoms with Gasteiger partial charge >= 0.3 is 0 Å². The number of hydrogen-bond acceptors (Lipinski definition) is 1. The van der Waals surface area contributed by atoms with Gasteiger partial charge in [-0.2, -0.15) is 0 Å². The van der Waals surface area contributed by atoms with E-state index >= 15 is 0 Å². The van der Waals surface area contributed by atoms with Crippen molar-refractivity contribution in [1.82, 2.24) is 0 Å². The van der Waals surface area contributed by atoms with Gasteiger partial charge in [-0.25, -0.2) is 8.78 Å². The second-order valence-electron chi connectivity index (χ2n) is 4.16. The molecule has 0 aliphatic rings. The number of halogens is 4. The summed E-state index contributed by atoms with van der Waals surface area (Å²) in [5.74, 6) is -1.12. The summed E-state index contributed by atoms with van der Waals surface area (Å²) in [4.78, 5) is 0. The van der Waals surface area contributed by atoms with E-state index in [0.717, 1.165) is 20.7 Å². The quantitative estimate of drug-likeness (QED) is 0.712. The predicted molar refractivity (Wildman–Crippen MR) is 80.2 cm³/mol. The number of benzene rings is 2. The highest BCUT2D eigenvalue weighted by atomic mass is 79.9. The standard InChI is InChI=1S/C14H11Br2F2N/c1-8(11-4-3-10(17)7-13(11)18)19-14-6-9(15)2-5-12(14)16/h2-8,19H,1H3. The highest BCUT2D eigenvalue weighted by molar-refractivity contribution is 9.11. The van der Waals surface area contributed by atoms with E-state index in [-0.39, 0.29) is 6.04 Å². The summed E-state index contributed by atoms with van der Waals surface area (Å²) < 4.78 is 28.4. The zero-order chi connectivity index (χ0) is 14.0. The summed E-state index contributed by atoms with van der Waals surface area (Å²) in [6.45, 7) is 1.82. The summed E-state index contributed by atoms with van der Waals surface area (Å²) in [6, 6.07) is 9.01. The van der Waals surface area contributed by atoms with Crippen molar-refractivity contribution in [3.8, 4) is 0 Å². The number of hydrogen-bond donors (Lipinski definition) is 1. The Balaban J connectivity index is 2.25. The second kappa shape index (κ2) is 6.01. The van der Waals surface area contributed by atoms with Gasteiger partial charge in [0.1, 0.15) is 11.6 Å². The van der Waals surface area contributed by atoms with Crippen molar-refractivity contribution in [3.05, 3.63) is 62.5 Å². The van der Waals surface area contributed by atoms with Crippen LogP contribution < -0.4 is 5.32 Å². The van der Waals surface area contributed by atoms with Crippen LogP contribution in [0.5, 0.6) is 0 Å². The van der Waals surface area contributed by atoms with Crippen molar-refractivity contribution in [2.45, 2.75) is 13.0 Å². The first-order valence-corrected chi connectivity index (χ1v) is 7.22. The van der Waals surface area contributed by atoms with Crippen LogP contribution in [-0.2, 0) is 0 Å². The lowest BCUT2D eigenvalue weighted by molar-refractivity contribution is 0.566. The minimum Gasteiger partial charge on any atom is -0.377 e. The average Bonchev–Trinajstić information content (AvgIpc) is 2.33. The Labute approximate surface area is 127 Å². The molecule has 1 N–H and O–H groups in total. The Bertz CT molecular complexity index is 602. The molecule has 2 aromatic rings. The summed E-state index contributed by atoms with van der Waals surface area (Å²) in [5, 5.41) is 3.19. The van der Waals surface area contributed by atoms with Gasteiger partial charge in [0, 0.05) is 20.6 Å². The third-order valence-corrected chi connectivity index (χ3v) is 3.91. The molecule has 0 saturated heterocycles. The second-order valence-corrected chi connectivity index (χ2v) is 5.93. The molecule has 5 heteroatoms. The zero-order valence-electron chi connectivity index (χ0n) is 10.1. The molecule has 0 spiro atoms. The van der Waals surface area contributed by atoms with Crippen LogP contribution in [0.15, 0.2) is 45.3 Å². The van der Waals surface area contributed by atoms with Crippen LogP contribution in [0.4, 0.5) is 14.5 Å². The van der Waals surface area contributed by atoms with Crippen molar-refractivity contribution >= 4 is 37.5 Å². The fourth-order valence-corrected chi connectivity index (χ4v) is 2.49. The first-order valence-electron chi connectivity index (χ1n) is 5.64. The lowest BCUT2D eigenvalue weighted by Crippen LogP contribution is -2.09. The van der Waals surface area contributed by atoms with Crippen LogP contribution in [0.3, 0.4) is 0 Å². The smallest absolute Gasteiger partial charge is 0.131 e. The fraction of sp³-hybridized carbons (Fsp3) is 0.143. The zero-order valence-corrected chi connectivity index (χ0v) is 13.2. The molecule has 0 aliphatic heterocycles. The van der Waals surface area contributed by atoms with Crippen molar-refractivity contribution in [2.24, 2.45) is 0 Å². The molecule has 0 aliphatic carbocycles. The molecule has 0 aromatic heterocycles. The minimum absolute atomic E-state index is 0.272. The normalized spacial score (nSPS) is 12.3. The molecule has 1 nitrogen and oxygen atoms in total. The van der Waals surface area contributed by atoms with Crippen molar-refractivity contribution < 1.29 is 8.78 Å². The van der Waals surface area contributed by atoms with Gasteiger partial charge in [-0.05, 0) is 47.1 Å². The van der Waals surface area contributed by atoms with Crippen LogP contribution in [-0.4, -0.2) is 0 Å². The fourth-order valence-electron chi connectivity index (χ4n) is 1.77. The van der Waals surface area contributed by atoms with Crippen LogP contribution in [0.25, 0.3) is 0 Å². The third-order valence-electron chi connectivity index (χ3n) is 2.73. The summed E-state index contributed by atoms with van der Waals surface area (Å²) in [6.07, 6.45) is 0. The Morgan fingerprint density at radius 3 is 2.47 bits per heavy atom. The van der Waals surface area contributed by atoms with E-state index in [0.29, 0.717) is 5.56 Å². The van der Waals surface area contributed by atoms with E-state index in [9.17, 15) is 8.78 Å². The SMILES string of the molecule is CC(Nc1cc(Br)ccc1Br)c1ccc(F)cc1F. The molecule has 100 valence electrons. The first-order chi connectivity index (χ1) is 8.97. The lowest BCUT2D eigenvalue weighted by atomic mass is 10.1. The van der Waals surface area contributed by atoms with E-state index in [1.165, 1.54) is 12.1 Å². The van der Waals surface area contributed by atoms with E-state index < -0.39 is 11.6 Å². The van der Waals surface area contributed by atoms with Gasteiger partial charge in [-0.15, -0.1) is 0 Å². The first kappa shape index (κ1) is 14.5. The van der Waals surface area contributed by atoms with Gasteiger partial charge in [0.15, 0.2) is 0 Å². The summed E-state index contributed by atoms with van der Waals surface area (Å²) in [7, 11) is 0. The molecule has 19 heavy (non-hydrogen) atoms. The maximum absolute atomic E-state index is 13.7. The largest absolute Gasteiger partial charge is 0.377 e. The molecule has 2 aromatic carbocycles. The van der Waals surface area contributed by atoms with E-state index in [1.54, 1.807) is 0 Å². The summed E-state index contributed by atoms with van der Waals surface area (Å²) in [5.41, 5.74) is 1.26. The van der Waals surface area contributed by atoms with E-state index in [1.807, 2.05) is 25.1 Å². The molecular weight excluding hydrogens is 380 g/mol.